The van der Waals surface area contributed by atoms with Gasteiger partial charge in [0.2, 0.25) is 0 Å². The maximum Gasteiger partial charge on any atom is 0.0798 e. The van der Waals surface area contributed by atoms with Crippen LogP contribution in [0.5, 0.6) is 0 Å². The number of rotatable bonds is 3. The molecule has 0 amide bonds. The molecule has 0 atom stereocenters. The van der Waals surface area contributed by atoms with Crippen LogP contribution in [0, 0.1) is 13.8 Å². The normalized spacial score (nSPS) is 10.4. The number of aromatic nitrogens is 1. The lowest BCUT2D eigenvalue weighted by Gasteiger charge is -2.08. The van der Waals surface area contributed by atoms with Crippen LogP contribution in [0.3, 0.4) is 0 Å². The van der Waals surface area contributed by atoms with Gasteiger partial charge in [0.1, 0.15) is 0 Å². The fraction of sp³-hybridized carbons (Fsp3) is 0.250. The number of nitrogens with one attached hydrogen (secondary N) is 1. The maximum absolute atomic E-state index is 4.23. The predicted molar refractivity (Wildman–Crippen MR) is 73.1 cm³/mol. The van der Waals surface area contributed by atoms with Gasteiger partial charge in [0.05, 0.1) is 17.7 Å². The highest BCUT2D eigenvalue weighted by atomic mass is 79.9. The van der Waals surface area contributed by atoms with Crippen molar-refractivity contribution in [3.05, 3.63) is 44.3 Å². The summed E-state index contributed by atoms with van der Waals surface area (Å²) in [5.74, 6) is 0. The van der Waals surface area contributed by atoms with Gasteiger partial charge in [-0.25, -0.2) is 4.98 Å². The Labute approximate surface area is 108 Å². The molecule has 0 saturated heterocycles. The first-order valence-corrected chi connectivity index (χ1v) is 6.73. The molecule has 1 N–H and O–H groups in total. The van der Waals surface area contributed by atoms with E-state index >= 15 is 0 Å². The zero-order valence-electron chi connectivity index (χ0n) is 9.25. The molecule has 4 heteroatoms. The van der Waals surface area contributed by atoms with Gasteiger partial charge in [-0.15, -0.1) is 11.3 Å². The van der Waals surface area contributed by atoms with E-state index in [1.807, 2.05) is 12.4 Å². The Morgan fingerprint density at radius 1 is 1.38 bits per heavy atom. The summed E-state index contributed by atoms with van der Waals surface area (Å²) in [5, 5.41) is 3.41. The van der Waals surface area contributed by atoms with Crippen molar-refractivity contribution < 1.29 is 0 Å². The highest BCUT2D eigenvalue weighted by Crippen LogP contribution is 2.24. The minimum absolute atomic E-state index is 0.832. The van der Waals surface area contributed by atoms with Crippen molar-refractivity contribution in [2.45, 2.75) is 20.4 Å². The molecule has 0 fully saturated rings. The molecule has 0 unspecified atom stereocenters. The Balaban J connectivity index is 2.08. The van der Waals surface area contributed by atoms with Crippen molar-refractivity contribution in [2.24, 2.45) is 0 Å². The van der Waals surface area contributed by atoms with E-state index in [4.69, 9.17) is 0 Å². The van der Waals surface area contributed by atoms with E-state index in [0.29, 0.717) is 0 Å². The van der Waals surface area contributed by atoms with Crippen LogP contribution in [0.1, 0.15) is 16.1 Å². The molecule has 2 nitrogen and oxygen atoms in total. The molecule has 1 aromatic carbocycles. The van der Waals surface area contributed by atoms with E-state index < -0.39 is 0 Å². The molecule has 0 radical (unpaired) electrons. The molecule has 0 spiro atoms. The minimum atomic E-state index is 0.832. The zero-order valence-corrected chi connectivity index (χ0v) is 11.7. The van der Waals surface area contributed by atoms with Crippen molar-refractivity contribution in [1.29, 1.82) is 0 Å². The van der Waals surface area contributed by atoms with Crippen LogP contribution in [0.4, 0.5) is 5.69 Å². The first-order valence-electron chi connectivity index (χ1n) is 5.06. The van der Waals surface area contributed by atoms with Gasteiger partial charge in [-0.05, 0) is 47.5 Å². The smallest absolute Gasteiger partial charge is 0.0798 e. The monoisotopic (exact) mass is 296 g/mol. The summed E-state index contributed by atoms with van der Waals surface area (Å²) in [6.45, 7) is 4.96. The van der Waals surface area contributed by atoms with E-state index in [-0.39, 0.29) is 0 Å². The number of hydrogen-bond acceptors (Lipinski definition) is 3. The largest absolute Gasteiger partial charge is 0.379 e. The van der Waals surface area contributed by atoms with Crippen LogP contribution < -0.4 is 5.32 Å². The van der Waals surface area contributed by atoms with E-state index in [2.05, 4.69) is 51.4 Å². The second-order valence-electron chi connectivity index (χ2n) is 3.70. The summed E-state index contributed by atoms with van der Waals surface area (Å²) in [4.78, 5) is 5.52. The quantitative estimate of drug-likeness (QED) is 0.921. The average molecular weight is 297 g/mol. The second kappa shape index (κ2) is 4.97. The SMILES string of the molecule is Cc1ccc(NCc2scnc2C)c(Br)c1. The Bertz CT molecular complexity index is 494. The number of hydrogen-bond donors (Lipinski definition) is 1. The van der Waals surface area contributed by atoms with Gasteiger partial charge in [0.15, 0.2) is 0 Å². The third-order valence-electron chi connectivity index (χ3n) is 2.41. The summed E-state index contributed by atoms with van der Waals surface area (Å²) in [5.41, 5.74) is 5.38. The lowest BCUT2D eigenvalue weighted by Crippen LogP contribution is -1.99. The molecule has 2 aromatic rings. The molecule has 1 heterocycles. The van der Waals surface area contributed by atoms with Gasteiger partial charge < -0.3 is 5.32 Å². The van der Waals surface area contributed by atoms with Gasteiger partial charge in [-0.1, -0.05) is 6.07 Å². The van der Waals surface area contributed by atoms with E-state index in [1.165, 1.54) is 10.4 Å². The molecule has 0 aliphatic heterocycles. The Kier molecular flexibility index (Phi) is 3.61. The van der Waals surface area contributed by atoms with E-state index in [9.17, 15) is 0 Å². The Morgan fingerprint density at radius 2 is 2.19 bits per heavy atom. The first kappa shape index (κ1) is 11.6. The fourth-order valence-electron chi connectivity index (χ4n) is 1.43. The van der Waals surface area contributed by atoms with Crippen molar-refractivity contribution in [3.63, 3.8) is 0 Å². The predicted octanol–water partition coefficient (Wildman–Crippen LogP) is 4.13. The van der Waals surface area contributed by atoms with Crippen LogP contribution in [0.2, 0.25) is 0 Å². The molecule has 2 rings (SSSR count). The summed E-state index contributed by atoms with van der Waals surface area (Å²) in [6, 6.07) is 6.31. The number of benzene rings is 1. The molecule has 84 valence electrons. The van der Waals surface area contributed by atoms with E-state index in [0.717, 1.165) is 22.4 Å². The van der Waals surface area contributed by atoms with Crippen molar-refractivity contribution in [2.75, 3.05) is 5.32 Å². The standard InChI is InChI=1S/C12H13BrN2S/c1-8-3-4-11(10(13)5-8)14-6-12-9(2)15-7-16-12/h3-5,7,14H,6H2,1-2H3. The van der Waals surface area contributed by atoms with Crippen LogP contribution in [-0.4, -0.2) is 4.98 Å². The van der Waals surface area contributed by atoms with Crippen LogP contribution >= 0.6 is 27.3 Å². The second-order valence-corrected chi connectivity index (χ2v) is 5.49. The molecule has 0 aliphatic rings. The Hall–Kier alpha value is -0.870. The summed E-state index contributed by atoms with van der Waals surface area (Å²) < 4.78 is 1.11. The summed E-state index contributed by atoms with van der Waals surface area (Å²) >= 11 is 5.24. The highest BCUT2D eigenvalue weighted by Gasteiger charge is 2.03. The molecular formula is C12H13BrN2S. The van der Waals surface area contributed by atoms with E-state index in [1.54, 1.807) is 11.3 Å². The lowest BCUT2D eigenvalue weighted by atomic mass is 10.2. The third-order valence-corrected chi connectivity index (χ3v) is 4.00. The molecule has 0 bridgehead atoms. The van der Waals surface area contributed by atoms with Crippen molar-refractivity contribution in [3.8, 4) is 0 Å². The van der Waals surface area contributed by atoms with Gasteiger partial charge in [0.25, 0.3) is 0 Å². The van der Waals surface area contributed by atoms with Gasteiger partial charge in [-0.3, -0.25) is 0 Å². The topological polar surface area (TPSA) is 24.9 Å². The minimum Gasteiger partial charge on any atom is -0.379 e. The number of nitrogens with zero attached hydrogens (tertiary/aromatic N) is 1. The molecule has 0 aliphatic carbocycles. The lowest BCUT2D eigenvalue weighted by molar-refractivity contribution is 1.12. The van der Waals surface area contributed by atoms with Crippen LogP contribution in [-0.2, 0) is 6.54 Å². The average Bonchev–Trinajstić information content (AvgIpc) is 2.63. The van der Waals surface area contributed by atoms with Crippen LogP contribution in [0.25, 0.3) is 0 Å². The van der Waals surface area contributed by atoms with Gasteiger partial charge in [-0.2, -0.15) is 0 Å². The van der Waals surface area contributed by atoms with Gasteiger partial charge >= 0.3 is 0 Å². The fourth-order valence-corrected chi connectivity index (χ4v) is 2.79. The number of anilines is 1. The molecular weight excluding hydrogens is 284 g/mol. The zero-order chi connectivity index (χ0) is 11.5. The molecule has 0 saturated carbocycles. The van der Waals surface area contributed by atoms with Gasteiger partial charge in [0, 0.05) is 15.0 Å². The number of thiazole rings is 1. The first-order chi connectivity index (χ1) is 7.66. The number of halogens is 1. The highest BCUT2D eigenvalue weighted by molar-refractivity contribution is 9.10. The van der Waals surface area contributed by atoms with Crippen LogP contribution in [0.15, 0.2) is 28.2 Å². The maximum atomic E-state index is 4.23. The number of aryl methyl sites for hydroxylation is 2. The third kappa shape index (κ3) is 2.62. The Morgan fingerprint density at radius 3 is 2.81 bits per heavy atom. The summed E-state index contributed by atoms with van der Waals surface area (Å²) in [7, 11) is 0. The molecule has 1 aromatic heterocycles. The summed E-state index contributed by atoms with van der Waals surface area (Å²) in [6.07, 6.45) is 0. The van der Waals surface area contributed by atoms with Crippen molar-refractivity contribution in [1.82, 2.24) is 4.98 Å². The molecule has 16 heavy (non-hydrogen) atoms. The van der Waals surface area contributed by atoms with Crippen molar-refractivity contribution >= 4 is 33.0 Å².